The predicted octanol–water partition coefficient (Wildman–Crippen LogP) is 4.64. The van der Waals surface area contributed by atoms with Gasteiger partial charge in [0.05, 0.1) is 5.56 Å². The minimum Gasteiger partial charge on any atom is -0.342 e. The molecule has 1 spiro atoms. The molecule has 3 fully saturated rings. The zero-order valence-electron chi connectivity index (χ0n) is 19.4. The molecule has 2 saturated carbocycles. The maximum Gasteiger partial charge on any atom is 0.256 e. The van der Waals surface area contributed by atoms with Crippen LogP contribution >= 0.6 is 0 Å². The van der Waals surface area contributed by atoms with Crippen molar-refractivity contribution in [2.75, 3.05) is 19.6 Å². The first kappa shape index (κ1) is 20.8. The Morgan fingerprint density at radius 2 is 1.69 bits per heavy atom. The number of amides is 2. The number of carbonyl (C=O) groups is 2. The molecule has 2 heterocycles. The number of nitrogens with zero attached hydrogens (tertiary/aromatic N) is 3. The van der Waals surface area contributed by atoms with Gasteiger partial charge in [-0.25, -0.2) is 4.39 Å². The van der Waals surface area contributed by atoms with Crippen LogP contribution in [0.15, 0.2) is 65.7 Å². The second kappa shape index (κ2) is 7.48. The Hall–Kier alpha value is -3.54. The lowest BCUT2D eigenvalue weighted by Crippen LogP contribution is -2.55. The maximum absolute atomic E-state index is 15.5. The Morgan fingerprint density at radius 3 is 2.40 bits per heavy atom. The summed E-state index contributed by atoms with van der Waals surface area (Å²) in [5, 5.41) is 2.25. The summed E-state index contributed by atoms with van der Waals surface area (Å²) in [6.07, 6.45) is 3.44. The van der Waals surface area contributed by atoms with Gasteiger partial charge in [-0.3, -0.25) is 19.5 Å². The summed E-state index contributed by atoms with van der Waals surface area (Å²) in [4.78, 5) is 33.8. The summed E-state index contributed by atoms with van der Waals surface area (Å²) in [6.45, 7) is 1.82. The summed E-state index contributed by atoms with van der Waals surface area (Å²) >= 11 is 0. The standard InChI is InChI=1S/C29H26FN3O2/c30-25-14-23(22-8-5-19-3-1-2-4-21(19)13-22)9-10-24(25)26-31-29(11-12-29)28(35)33(26)17-18-15-32(16-18)27(34)20-6-7-20/h1-5,8-10,13-14,18,20H,6-7,11-12,15-17H2. The zero-order valence-corrected chi connectivity index (χ0v) is 19.4. The molecule has 0 aromatic heterocycles. The van der Waals surface area contributed by atoms with Gasteiger partial charge in [0.15, 0.2) is 0 Å². The van der Waals surface area contributed by atoms with Gasteiger partial charge < -0.3 is 4.90 Å². The van der Waals surface area contributed by atoms with Crippen molar-refractivity contribution < 1.29 is 14.0 Å². The number of hydrogen-bond donors (Lipinski definition) is 0. The lowest BCUT2D eigenvalue weighted by atomic mass is 9.97. The van der Waals surface area contributed by atoms with Gasteiger partial charge in [0.1, 0.15) is 17.2 Å². The number of halogens is 1. The summed E-state index contributed by atoms with van der Waals surface area (Å²) in [6, 6.07) is 19.4. The number of hydrogen-bond acceptors (Lipinski definition) is 3. The molecule has 1 saturated heterocycles. The molecule has 0 unspecified atom stereocenters. The Morgan fingerprint density at radius 1 is 0.971 bits per heavy atom. The summed E-state index contributed by atoms with van der Waals surface area (Å²) in [5.41, 5.74) is 1.43. The van der Waals surface area contributed by atoms with Gasteiger partial charge >= 0.3 is 0 Å². The fourth-order valence-corrected chi connectivity index (χ4v) is 5.43. The summed E-state index contributed by atoms with van der Waals surface area (Å²) < 4.78 is 15.5. The van der Waals surface area contributed by atoms with E-state index < -0.39 is 5.54 Å². The van der Waals surface area contributed by atoms with E-state index in [2.05, 4.69) is 18.2 Å². The molecule has 7 rings (SSSR count). The van der Waals surface area contributed by atoms with E-state index in [1.165, 1.54) is 0 Å². The average molecular weight is 468 g/mol. The average Bonchev–Trinajstić information content (AvgIpc) is 3.76. The quantitative estimate of drug-likeness (QED) is 0.549. The fraction of sp³-hybridized carbons (Fsp3) is 0.345. The van der Waals surface area contributed by atoms with Crippen LogP contribution in [0.4, 0.5) is 4.39 Å². The van der Waals surface area contributed by atoms with E-state index in [1.807, 2.05) is 35.2 Å². The molecular formula is C29H26FN3O2. The molecule has 2 aliphatic carbocycles. The van der Waals surface area contributed by atoms with Gasteiger partial charge in [-0.2, -0.15) is 0 Å². The van der Waals surface area contributed by atoms with Crippen LogP contribution in [0.3, 0.4) is 0 Å². The van der Waals surface area contributed by atoms with Gasteiger partial charge in [-0.15, -0.1) is 0 Å². The van der Waals surface area contributed by atoms with Crippen molar-refractivity contribution in [2.45, 2.75) is 31.2 Å². The first-order valence-electron chi connectivity index (χ1n) is 12.5. The van der Waals surface area contributed by atoms with Gasteiger partial charge in [-0.1, -0.05) is 42.5 Å². The highest BCUT2D eigenvalue weighted by Crippen LogP contribution is 2.46. The first-order valence-corrected chi connectivity index (χ1v) is 12.5. The van der Waals surface area contributed by atoms with E-state index in [-0.39, 0.29) is 29.5 Å². The van der Waals surface area contributed by atoms with E-state index in [9.17, 15) is 9.59 Å². The monoisotopic (exact) mass is 467 g/mol. The van der Waals surface area contributed by atoms with Gasteiger partial charge in [-0.05, 0) is 65.8 Å². The van der Waals surface area contributed by atoms with Crippen LogP contribution in [0.5, 0.6) is 0 Å². The Kier molecular flexibility index (Phi) is 4.44. The van der Waals surface area contributed by atoms with Crippen LogP contribution in [0.1, 0.15) is 31.2 Å². The predicted molar refractivity (Wildman–Crippen MR) is 132 cm³/mol. The number of rotatable bonds is 5. The molecule has 0 atom stereocenters. The molecule has 2 amide bonds. The lowest BCUT2D eigenvalue weighted by molar-refractivity contribution is -0.139. The second-order valence-corrected chi connectivity index (χ2v) is 10.5. The second-order valence-electron chi connectivity index (χ2n) is 10.5. The van der Waals surface area contributed by atoms with Gasteiger partial charge in [0.2, 0.25) is 5.91 Å². The van der Waals surface area contributed by atoms with E-state index in [1.54, 1.807) is 17.0 Å². The molecule has 0 bridgehead atoms. The highest BCUT2D eigenvalue weighted by atomic mass is 19.1. The maximum atomic E-state index is 15.5. The van der Waals surface area contributed by atoms with Crippen molar-refractivity contribution in [3.63, 3.8) is 0 Å². The van der Waals surface area contributed by atoms with E-state index in [4.69, 9.17) is 4.99 Å². The molecule has 176 valence electrons. The Balaban J connectivity index is 1.14. The number of amidine groups is 1. The van der Waals surface area contributed by atoms with Crippen molar-refractivity contribution in [1.29, 1.82) is 0 Å². The van der Waals surface area contributed by atoms with Crippen molar-refractivity contribution in [2.24, 2.45) is 16.8 Å². The van der Waals surface area contributed by atoms with Crippen molar-refractivity contribution in [1.82, 2.24) is 9.80 Å². The summed E-state index contributed by atoms with van der Waals surface area (Å²) in [7, 11) is 0. The smallest absolute Gasteiger partial charge is 0.256 e. The van der Waals surface area contributed by atoms with Crippen LogP contribution in [-0.2, 0) is 9.59 Å². The van der Waals surface area contributed by atoms with Crippen molar-refractivity contribution in [3.05, 3.63) is 72.0 Å². The zero-order chi connectivity index (χ0) is 23.7. The highest BCUT2D eigenvalue weighted by molar-refractivity contribution is 6.16. The highest BCUT2D eigenvalue weighted by Gasteiger charge is 2.58. The van der Waals surface area contributed by atoms with E-state index in [0.717, 1.165) is 47.6 Å². The number of fused-ring (bicyclic) bond motifs is 1. The molecule has 0 radical (unpaired) electrons. The SMILES string of the molecule is O=C(C1CC1)N1CC(CN2C(=O)C3(CC3)N=C2c2ccc(-c3ccc4ccccc4c3)cc2F)C1. The third kappa shape index (κ3) is 3.46. The van der Waals surface area contributed by atoms with Crippen LogP contribution in [0, 0.1) is 17.7 Å². The Bertz CT molecular complexity index is 1420. The third-order valence-electron chi connectivity index (χ3n) is 7.87. The molecule has 3 aromatic rings. The topological polar surface area (TPSA) is 53.0 Å². The minimum absolute atomic E-state index is 0.0162. The van der Waals surface area contributed by atoms with Crippen LogP contribution < -0.4 is 0 Å². The van der Waals surface area contributed by atoms with E-state index in [0.29, 0.717) is 31.0 Å². The molecule has 35 heavy (non-hydrogen) atoms. The third-order valence-corrected chi connectivity index (χ3v) is 7.87. The van der Waals surface area contributed by atoms with Crippen LogP contribution in [0.2, 0.25) is 0 Å². The van der Waals surface area contributed by atoms with Gasteiger partial charge in [0.25, 0.3) is 5.91 Å². The van der Waals surface area contributed by atoms with Crippen molar-refractivity contribution in [3.8, 4) is 11.1 Å². The summed E-state index contributed by atoms with van der Waals surface area (Å²) in [5.74, 6) is 0.729. The number of likely N-dealkylation sites (tertiary alicyclic amines) is 1. The number of aliphatic imine (C=N–C) groups is 1. The van der Waals surface area contributed by atoms with Crippen molar-refractivity contribution >= 4 is 28.4 Å². The number of benzene rings is 3. The van der Waals surface area contributed by atoms with Gasteiger partial charge in [0, 0.05) is 31.5 Å². The molecule has 6 heteroatoms. The Labute approximate surface area is 203 Å². The lowest BCUT2D eigenvalue weighted by Gasteiger charge is -2.41. The molecule has 2 aliphatic heterocycles. The number of carbonyl (C=O) groups excluding carboxylic acids is 2. The molecule has 3 aromatic carbocycles. The van der Waals surface area contributed by atoms with Crippen LogP contribution in [0.25, 0.3) is 21.9 Å². The molecule has 4 aliphatic rings. The largest absolute Gasteiger partial charge is 0.342 e. The molecule has 5 nitrogen and oxygen atoms in total. The molecule has 0 N–H and O–H groups in total. The van der Waals surface area contributed by atoms with E-state index >= 15 is 4.39 Å². The first-order chi connectivity index (χ1) is 17.0. The van der Waals surface area contributed by atoms with Crippen LogP contribution in [-0.4, -0.2) is 52.6 Å². The minimum atomic E-state index is -0.688. The normalized spacial score (nSPS) is 20.9. The fourth-order valence-electron chi connectivity index (χ4n) is 5.43. The molecular weight excluding hydrogens is 441 g/mol.